The summed E-state index contributed by atoms with van der Waals surface area (Å²) in [6, 6.07) is 1.87. The fraction of sp³-hybridized carbons (Fsp3) is 0.500. The molecule has 1 unspecified atom stereocenters. The van der Waals surface area contributed by atoms with Crippen LogP contribution in [0.2, 0.25) is 0 Å². The minimum atomic E-state index is -0.776. The van der Waals surface area contributed by atoms with Gasteiger partial charge in [-0.25, -0.2) is 0 Å². The molecule has 1 aromatic rings. The first-order chi connectivity index (χ1) is 6.68. The first-order valence-corrected chi connectivity index (χ1v) is 5.59. The summed E-state index contributed by atoms with van der Waals surface area (Å²) in [5.74, 6) is -0.776. The molecule has 1 aliphatic carbocycles. The molecule has 0 spiro atoms. The number of carboxylic acid groups (broad SMARTS) is 1. The second-order valence-corrected chi connectivity index (χ2v) is 4.63. The molecule has 1 heterocycles. The highest BCUT2D eigenvalue weighted by atomic mass is 32.1. The lowest BCUT2D eigenvalue weighted by Crippen LogP contribution is -2.29. The molecule has 14 heavy (non-hydrogen) atoms. The molecule has 0 radical (unpaired) electrons. The predicted molar refractivity (Wildman–Crippen MR) is 55.6 cm³/mol. The van der Waals surface area contributed by atoms with E-state index in [1.54, 1.807) is 0 Å². The van der Waals surface area contributed by atoms with Crippen LogP contribution in [0.15, 0.2) is 11.4 Å². The van der Waals surface area contributed by atoms with Gasteiger partial charge in [0.1, 0.15) is 6.04 Å². The van der Waals surface area contributed by atoms with Crippen molar-refractivity contribution in [2.75, 3.05) is 0 Å². The Morgan fingerprint density at radius 3 is 2.86 bits per heavy atom. The molecule has 1 aromatic heterocycles. The number of carbonyl (C=O) groups is 1. The van der Waals surface area contributed by atoms with Gasteiger partial charge in [0, 0.05) is 10.9 Å². The number of carboxylic acids is 1. The summed E-state index contributed by atoms with van der Waals surface area (Å²) in [5, 5.41) is 14.2. The molecule has 1 aliphatic rings. The van der Waals surface area contributed by atoms with E-state index in [0.29, 0.717) is 6.04 Å². The molecular weight excluding hydrogens is 198 g/mol. The van der Waals surface area contributed by atoms with Gasteiger partial charge >= 0.3 is 5.97 Å². The average Bonchev–Trinajstić information content (AvgIpc) is 2.85. The van der Waals surface area contributed by atoms with Crippen LogP contribution in [0.4, 0.5) is 0 Å². The van der Waals surface area contributed by atoms with Gasteiger partial charge in [0.05, 0.1) is 0 Å². The van der Waals surface area contributed by atoms with Crippen molar-refractivity contribution in [1.82, 2.24) is 5.32 Å². The second kappa shape index (κ2) is 3.71. The number of nitrogens with one attached hydrogen (secondary N) is 1. The van der Waals surface area contributed by atoms with Crippen LogP contribution in [0.25, 0.3) is 0 Å². The largest absolute Gasteiger partial charge is 0.480 e. The first-order valence-electron chi connectivity index (χ1n) is 4.71. The zero-order valence-electron chi connectivity index (χ0n) is 7.99. The summed E-state index contributed by atoms with van der Waals surface area (Å²) in [5.41, 5.74) is 1.07. The molecule has 2 rings (SSSR count). The van der Waals surface area contributed by atoms with Gasteiger partial charge in [0.15, 0.2) is 0 Å². The van der Waals surface area contributed by atoms with Gasteiger partial charge in [-0.1, -0.05) is 0 Å². The van der Waals surface area contributed by atoms with E-state index in [1.807, 2.05) is 18.4 Å². The zero-order valence-corrected chi connectivity index (χ0v) is 8.80. The van der Waals surface area contributed by atoms with Crippen molar-refractivity contribution in [1.29, 1.82) is 0 Å². The number of thiophene rings is 1. The van der Waals surface area contributed by atoms with Crippen molar-refractivity contribution in [3.8, 4) is 0 Å². The van der Waals surface area contributed by atoms with Crippen molar-refractivity contribution >= 4 is 17.3 Å². The van der Waals surface area contributed by atoms with Gasteiger partial charge in [-0.15, -0.1) is 11.3 Å². The van der Waals surface area contributed by atoms with Gasteiger partial charge < -0.3 is 5.11 Å². The quantitative estimate of drug-likeness (QED) is 0.800. The minimum Gasteiger partial charge on any atom is -0.480 e. The lowest BCUT2D eigenvalue weighted by molar-refractivity contribution is -0.139. The summed E-state index contributed by atoms with van der Waals surface area (Å²) in [6.45, 7) is 1.95. The van der Waals surface area contributed by atoms with E-state index in [0.717, 1.165) is 23.3 Å². The van der Waals surface area contributed by atoms with E-state index >= 15 is 0 Å². The molecule has 0 aliphatic heterocycles. The average molecular weight is 211 g/mol. The van der Waals surface area contributed by atoms with Crippen LogP contribution < -0.4 is 5.32 Å². The van der Waals surface area contributed by atoms with Crippen LogP contribution in [-0.2, 0) is 4.79 Å². The third kappa shape index (κ3) is 1.96. The second-order valence-electron chi connectivity index (χ2n) is 3.68. The van der Waals surface area contributed by atoms with Gasteiger partial charge in [0.2, 0.25) is 0 Å². The standard InChI is InChI=1S/C10H13NO2S/c1-6-4-5-14-9(6)8(10(12)13)11-7-2-3-7/h4-5,7-8,11H,2-3H2,1H3,(H,12,13). The molecule has 1 atom stereocenters. The van der Waals surface area contributed by atoms with E-state index in [-0.39, 0.29) is 0 Å². The van der Waals surface area contributed by atoms with Crippen LogP contribution in [0.5, 0.6) is 0 Å². The Hall–Kier alpha value is -0.870. The van der Waals surface area contributed by atoms with Crippen molar-refractivity contribution in [2.24, 2.45) is 0 Å². The van der Waals surface area contributed by atoms with Crippen molar-refractivity contribution in [2.45, 2.75) is 31.8 Å². The Kier molecular flexibility index (Phi) is 2.56. The Morgan fingerprint density at radius 2 is 2.43 bits per heavy atom. The van der Waals surface area contributed by atoms with Crippen LogP contribution >= 0.6 is 11.3 Å². The molecule has 2 N–H and O–H groups in total. The van der Waals surface area contributed by atoms with Gasteiger partial charge in [-0.3, -0.25) is 10.1 Å². The predicted octanol–water partition coefficient (Wildman–Crippen LogP) is 1.93. The van der Waals surface area contributed by atoms with E-state index in [1.165, 1.54) is 11.3 Å². The maximum Gasteiger partial charge on any atom is 0.326 e. The summed E-state index contributed by atoms with van der Waals surface area (Å²) >= 11 is 1.51. The van der Waals surface area contributed by atoms with Gasteiger partial charge in [-0.05, 0) is 36.8 Å². The normalized spacial score (nSPS) is 18.1. The molecule has 0 bridgehead atoms. The third-order valence-electron chi connectivity index (χ3n) is 2.39. The lowest BCUT2D eigenvalue weighted by Gasteiger charge is -2.13. The van der Waals surface area contributed by atoms with Crippen LogP contribution in [0, 0.1) is 6.92 Å². The van der Waals surface area contributed by atoms with Crippen molar-refractivity contribution in [3.05, 3.63) is 21.9 Å². The van der Waals surface area contributed by atoms with E-state index in [2.05, 4.69) is 5.32 Å². The summed E-state index contributed by atoms with van der Waals surface area (Å²) in [7, 11) is 0. The number of rotatable bonds is 4. The highest BCUT2D eigenvalue weighted by Crippen LogP contribution is 2.28. The molecule has 4 heteroatoms. The Morgan fingerprint density at radius 1 is 1.71 bits per heavy atom. The molecule has 76 valence electrons. The van der Waals surface area contributed by atoms with Crippen LogP contribution in [-0.4, -0.2) is 17.1 Å². The fourth-order valence-electron chi connectivity index (χ4n) is 1.43. The molecule has 1 fully saturated rings. The molecule has 0 saturated heterocycles. The molecular formula is C10H13NO2S. The molecule has 1 saturated carbocycles. The zero-order chi connectivity index (χ0) is 10.1. The Labute approximate surface area is 86.8 Å². The van der Waals surface area contributed by atoms with Crippen LogP contribution in [0.1, 0.15) is 29.3 Å². The maximum atomic E-state index is 11.1. The molecule has 3 nitrogen and oxygen atoms in total. The number of aliphatic carboxylic acids is 1. The molecule has 0 aromatic carbocycles. The van der Waals surface area contributed by atoms with Gasteiger partial charge in [0.25, 0.3) is 0 Å². The highest BCUT2D eigenvalue weighted by molar-refractivity contribution is 7.10. The van der Waals surface area contributed by atoms with Crippen LogP contribution in [0.3, 0.4) is 0 Å². The van der Waals surface area contributed by atoms with Crippen molar-refractivity contribution < 1.29 is 9.90 Å². The van der Waals surface area contributed by atoms with E-state index in [4.69, 9.17) is 5.11 Å². The van der Waals surface area contributed by atoms with E-state index in [9.17, 15) is 4.79 Å². The minimum absolute atomic E-state index is 0.414. The number of hydrogen-bond donors (Lipinski definition) is 2. The van der Waals surface area contributed by atoms with Crippen molar-refractivity contribution in [3.63, 3.8) is 0 Å². The SMILES string of the molecule is Cc1ccsc1C(NC1CC1)C(=O)O. The third-order valence-corrected chi connectivity index (χ3v) is 3.47. The van der Waals surface area contributed by atoms with Gasteiger partial charge in [-0.2, -0.15) is 0 Å². The summed E-state index contributed by atoms with van der Waals surface area (Å²) in [4.78, 5) is 12.0. The van der Waals surface area contributed by atoms with E-state index < -0.39 is 12.0 Å². The number of hydrogen-bond acceptors (Lipinski definition) is 3. The lowest BCUT2D eigenvalue weighted by atomic mass is 10.1. The highest BCUT2D eigenvalue weighted by Gasteiger charge is 2.30. The maximum absolute atomic E-state index is 11.1. The smallest absolute Gasteiger partial charge is 0.326 e. The topological polar surface area (TPSA) is 49.3 Å². The molecule has 0 amide bonds. The summed E-state index contributed by atoms with van der Waals surface area (Å²) < 4.78 is 0. The number of aryl methyl sites for hydroxylation is 1. The fourth-order valence-corrected chi connectivity index (χ4v) is 2.40. The summed E-state index contributed by atoms with van der Waals surface area (Å²) in [6.07, 6.45) is 2.21. The Balaban J connectivity index is 2.16. The monoisotopic (exact) mass is 211 g/mol. The first kappa shape index (κ1) is 9.68. The Bertz CT molecular complexity index is 344.